The molecule has 1 aliphatic heterocycles. The minimum absolute atomic E-state index is 0.196. The minimum Gasteiger partial charge on any atom is -0.478 e. The molecule has 1 rings (SSSR count). The fraction of sp³-hybridized carbons (Fsp3) is 0.714. The maximum Gasteiger partial charge on any atom is 0.274 e. The Labute approximate surface area is 70.9 Å². The fourth-order valence-corrected chi connectivity index (χ4v) is 0.933. The van der Waals surface area contributed by atoms with Gasteiger partial charge in [-0.15, -0.1) is 0 Å². The first-order chi connectivity index (χ1) is 5.66. The first-order valence-corrected chi connectivity index (χ1v) is 3.65. The Hall–Kier alpha value is -1.10. The highest BCUT2D eigenvalue weighted by atomic mass is 16.7. The maximum atomic E-state index is 11.4. The third kappa shape index (κ3) is 1.55. The molecule has 2 atom stereocenters. The smallest absolute Gasteiger partial charge is 0.274 e. The van der Waals surface area contributed by atoms with Crippen LogP contribution in [0.2, 0.25) is 0 Å². The number of hydroxylamine groups is 2. The van der Waals surface area contributed by atoms with Crippen molar-refractivity contribution in [1.82, 2.24) is 5.06 Å². The molecule has 0 aromatic rings. The number of ether oxygens (including phenoxy) is 1. The Morgan fingerprint density at radius 1 is 1.75 bits per heavy atom. The summed E-state index contributed by atoms with van der Waals surface area (Å²) in [6.45, 7) is 1.79. The maximum absolute atomic E-state index is 11.4. The summed E-state index contributed by atoms with van der Waals surface area (Å²) in [6, 6.07) is -0.463. The summed E-state index contributed by atoms with van der Waals surface area (Å²) in [5, 5.41) is 1.15. The standard InChI is InChI=1S/C7H12N2O3/c1-5-6(8-4-12-5)7(10)9(2)11-3/h4-6H,1-3H3/t5-,6+/m0/s1. The van der Waals surface area contributed by atoms with E-state index in [9.17, 15) is 4.79 Å². The molecule has 0 saturated heterocycles. The Morgan fingerprint density at radius 3 is 2.83 bits per heavy atom. The molecule has 12 heavy (non-hydrogen) atoms. The third-order valence-corrected chi connectivity index (χ3v) is 1.78. The molecular formula is C7H12N2O3. The van der Waals surface area contributed by atoms with E-state index in [1.807, 2.05) is 0 Å². The molecule has 0 aromatic heterocycles. The van der Waals surface area contributed by atoms with Gasteiger partial charge in [-0.3, -0.25) is 9.63 Å². The van der Waals surface area contributed by atoms with E-state index in [0.717, 1.165) is 5.06 Å². The molecule has 0 spiro atoms. The van der Waals surface area contributed by atoms with Crippen LogP contribution in [0.1, 0.15) is 6.92 Å². The lowest BCUT2D eigenvalue weighted by Gasteiger charge is -2.18. The van der Waals surface area contributed by atoms with Gasteiger partial charge in [-0.1, -0.05) is 0 Å². The van der Waals surface area contributed by atoms with Crippen LogP contribution in [0.4, 0.5) is 0 Å². The number of carbonyl (C=O) groups is 1. The van der Waals surface area contributed by atoms with Crippen molar-refractivity contribution in [3.63, 3.8) is 0 Å². The van der Waals surface area contributed by atoms with Crippen LogP contribution < -0.4 is 0 Å². The average molecular weight is 172 g/mol. The van der Waals surface area contributed by atoms with Crippen LogP contribution in [0, 0.1) is 0 Å². The lowest BCUT2D eigenvalue weighted by molar-refractivity contribution is -0.171. The number of hydrogen-bond donors (Lipinski definition) is 0. The van der Waals surface area contributed by atoms with E-state index in [1.54, 1.807) is 14.0 Å². The number of hydrogen-bond acceptors (Lipinski definition) is 4. The normalized spacial score (nSPS) is 26.9. The van der Waals surface area contributed by atoms with E-state index in [2.05, 4.69) is 4.99 Å². The van der Waals surface area contributed by atoms with Gasteiger partial charge in [0.25, 0.3) is 5.91 Å². The second kappa shape index (κ2) is 3.53. The van der Waals surface area contributed by atoms with Gasteiger partial charge >= 0.3 is 0 Å². The number of rotatable bonds is 2. The second-order valence-corrected chi connectivity index (χ2v) is 2.56. The van der Waals surface area contributed by atoms with Crippen LogP contribution in [0.25, 0.3) is 0 Å². The van der Waals surface area contributed by atoms with Crippen molar-refractivity contribution in [1.29, 1.82) is 0 Å². The predicted molar refractivity (Wildman–Crippen MR) is 42.6 cm³/mol. The molecular weight excluding hydrogens is 160 g/mol. The van der Waals surface area contributed by atoms with Crippen LogP contribution in [0.3, 0.4) is 0 Å². The van der Waals surface area contributed by atoms with Crippen molar-refractivity contribution in [2.75, 3.05) is 14.2 Å². The van der Waals surface area contributed by atoms with Crippen molar-refractivity contribution in [3.8, 4) is 0 Å². The van der Waals surface area contributed by atoms with Gasteiger partial charge in [0.1, 0.15) is 6.10 Å². The largest absolute Gasteiger partial charge is 0.478 e. The first kappa shape index (κ1) is 8.99. The highest BCUT2D eigenvalue weighted by Crippen LogP contribution is 2.11. The van der Waals surface area contributed by atoms with E-state index in [0.29, 0.717) is 0 Å². The predicted octanol–water partition coefficient (Wildman–Crippen LogP) is -0.178. The number of likely N-dealkylation sites (N-methyl/N-ethyl adjacent to an activating group) is 1. The van der Waals surface area contributed by atoms with Crippen molar-refractivity contribution in [2.24, 2.45) is 4.99 Å². The Balaban J connectivity index is 2.57. The van der Waals surface area contributed by atoms with E-state index in [-0.39, 0.29) is 12.0 Å². The zero-order valence-electron chi connectivity index (χ0n) is 7.35. The highest BCUT2D eigenvalue weighted by Gasteiger charge is 2.31. The Morgan fingerprint density at radius 2 is 2.42 bits per heavy atom. The second-order valence-electron chi connectivity index (χ2n) is 2.56. The van der Waals surface area contributed by atoms with Crippen LogP contribution in [-0.4, -0.2) is 43.7 Å². The Kier molecular flexibility index (Phi) is 2.65. The van der Waals surface area contributed by atoms with Crippen LogP contribution >= 0.6 is 0 Å². The number of amides is 1. The molecule has 0 unspecified atom stereocenters. The summed E-state index contributed by atoms with van der Waals surface area (Å²) in [5.74, 6) is -0.196. The molecule has 1 aliphatic rings. The molecule has 0 N–H and O–H groups in total. The van der Waals surface area contributed by atoms with Gasteiger partial charge in [-0.2, -0.15) is 0 Å². The number of aliphatic imine (C=N–C) groups is 1. The molecule has 5 heteroatoms. The molecule has 0 saturated carbocycles. The summed E-state index contributed by atoms with van der Waals surface area (Å²) in [6.07, 6.45) is 1.10. The average Bonchev–Trinajstić information content (AvgIpc) is 2.48. The lowest BCUT2D eigenvalue weighted by atomic mass is 10.2. The van der Waals surface area contributed by atoms with Crippen LogP contribution in [0.15, 0.2) is 4.99 Å². The quantitative estimate of drug-likeness (QED) is 0.543. The molecule has 0 radical (unpaired) electrons. The lowest BCUT2D eigenvalue weighted by Crippen LogP contribution is -2.38. The molecule has 68 valence electrons. The van der Waals surface area contributed by atoms with E-state index in [1.165, 1.54) is 13.5 Å². The minimum atomic E-state index is -0.463. The third-order valence-electron chi connectivity index (χ3n) is 1.78. The van der Waals surface area contributed by atoms with Crippen LogP contribution in [0.5, 0.6) is 0 Å². The molecule has 0 aromatic carbocycles. The molecule has 0 bridgehead atoms. The summed E-state index contributed by atoms with van der Waals surface area (Å²) in [5.41, 5.74) is 0. The zero-order valence-corrected chi connectivity index (χ0v) is 7.35. The van der Waals surface area contributed by atoms with Gasteiger partial charge in [0.05, 0.1) is 7.11 Å². The molecule has 1 heterocycles. The van der Waals surface area contributed by atoms with Crippen molar-refractivity contribution in [3.05, 3.63) is 0 Å². The molecule has 1 amide bonds. The number of carbonyl (C=O) groups excluding carboxylic acids is 1. The van der Waals surface area contributed by atoms with Gasteiger partial charge in [0, 0.05) is 7.05 Å². The van der Waals surface area contributed by atoms with Gasteiger partial charge in [-0.05, 0) is 6.92 Å². The van der Waals surface area contributed by atoms with E-state index >= 15 is 0 Å². The van der Waals surface area contributed by atoms with Gasteiger partial charge in [0.2, 0.25) is 0 Å². The fourth-order valence-electron chi connectivity index (χ4n) is 0.933. The number of nitrogens with zero attached hydrogens (tertiary/aromatic N) is 2. The van der Waals surface area contributed by atoms with E-state index in [4.69, 9.17) is 9.57 Å². The molecule has 5 nitrogen and oxygen atoms in total. The monoisotopic (exact) mass is 172 g/mol. The summed E-state index contributed by atoms with van der Waals surface area (Å²) in [7, 11) is 2.98. The Bertz CT molecular complexity index is 205. The topological polar surface area (TPSA) is 51.1 Å². The summed E-state index contributed by atoms with van der Waals surface area (Å²) >= 11 is 0. The highest BCUT2D eigenvalue weighted by molar-refractivity contribution is 5.83. The van der Waals surface area contributed by atoms with Crippen LogP contribution in [-0.2, 0) is 14.4 Å². The molecule has 0 fully saturated rings. The SMILES string of the molecule is CON(C)C(=O)[C@@H]1N=CO[C@H]1C. The molecule has 0 aliphatic carbocycles. The van der Waals surface area contributed by atoms with E-state index < -0.39 is 6.04 Å². The first-order valence-electron chi connectivity index (χ1n) is 3.65. The van der Waals surface area contributed by atoms with Crippen molar-refractivity contribution in [2.45, 2.75) is 19.1 Å². The van der Waals surface area contributed by atoms with Crippen molar-refractivity contribution < 1.29 is 14.4 Å². The van der Waals surface area contributed by atoms with Crippen molar-refractivity contribution >= 4 is 12.3 Å². The van der Waals surface area contributed by atoms with Gasteiger partial charge < -0.3 is 4.74 Å². The summed E-state index contributed by atoms with van der Waals surface area (Å²) in [4.78, 5) is 20.0. The summed E-state index contributed by atoms with van der Waals surface area (Å²) < 4.78 is 4.99. The van der Waals surface area contributed by atoms with Gasteiger partial charge in [0.15, 0.2) is 12.4 Å². The zero-order chi connectivity index (χ0) is 9.14. The van der Waals surface area contributed by atoms with Gasteiger partial charge in [-0.25, -0.2) is 10.1 Å².